The molecule has 1 aromatic rings. The van der Waals surface area contributed by atoms with Gasteiger partial charge in [-0.2, -0.15) is 0 Å². The Morgan fingerprint density at radius 2 is 1.91 bits per heavy atom. The molecule has 1 aliphatic rings. The molecule has 0 unspecified atom stereocenters. The largest absolute Gasteiger partial charge is 0.481 e. The maximum absolute atomic E-state index is 12.3. The summed E-state index contributed by atoms with van der Waals surface area (Å²) in [5, 5.41) is 21.3. The summed E-state index contributed by atoms with van der Waals surface area (Å²) in [5.74, 6) is 0.373. The van der Waals surface area contributed by atoms with Crippen molar-refractivity contribution in [2.75, 3.05) is 13.2 Å². The van der Waals surface area contributed by atoms with E-state index < -0.39 is 11.6 Å². The number of aliphatic hydroxyl groups is 2. The summed E-state index contributed by atoms with van der Waals surface area (Å²) in [6.45, 7) is 2.81. The fourth-order valence-corrected chi connectivity index (χ4v) is 2.78. The number of carbonyl (C=O) groups excluding carboxylic acids is 1. The number of hydrogen-bond donors (Lipinski definition) is 3. The third-order valence-electron chi connectivity index (χ3n) is 4.38. The van der Waals surface area contributed by atoms with Crippen molar-refractivity contribution >= 4 is 5.91 Å². The minimum atomic E-state index is -1.04. The van der Waals surface area contributed by atoms with E-state index in [1.165, 1.54) is 24.0 Å². The van der Waals surface area contributed by atoms with Gasteiger partial charge in [0.05, 0.1) is 18.8 Å². The highest BCUT2D eigenvalue weighted by molar-refractivity contribution is 5.81. The highest BCUT2D eigenvalue weighted by atomic mass is 16.5. The van der Waals surface area contributed by atoms with E-state index in [4.69, 9.17) is 4.74 Å². The Hall–Kier alpha value is -1.59. The number of aryl methyl sites for hydroxylation is 2. The van der Waals surface area contributed by atoms with Crippen LogP contribution in [0.15, 0.2) is 18.2 Å². The third-order valence-corrected chi connectivity index (χ3v) is 4.38. The van der Waals surface area contributed by atoms with E-state index in [0.29, 0.717) is 12.2 Å². The van der Waals surface area contributed by atoms with Crippen molar-refractivity contribution in [3.63, 3.8) is 0 Å². The van der Waals surface area contributed by atoms with E-state index >= 15 is 0 Å². The standard InChI is InChI=1S/C18H27NO4/c1-3-16(17(22)19-18(2,11-20)12-21)23-15-9-8-13-6-4-5-7-14(13)10-15/h8-10,16,20-21H,3-7,11-12H2,1-2H3,(H,19,22)/t16-/m1/s1. The summed E-state index contributed by atoms with van der Waals surface area (Å²) in [6.07, 6.45) is 4.46. The molecule has 0 bridgehead atoms. The smallest absolute Gasteiger partial charge is 0.261 e. The molecule has 0 aromatic heterocycles. The van der Waals surface area contributed by atoms with Crippen LogP contribution in [0.2, 0.25) is 0 Å². The van der Waals surface area contributed by atoms with E-state index in [9.17, 15) is 15.0 Å². The predicted molar refractivity (Wildman–Crippen MR) is 88.5 cm³/mol. The van der Waals surface area contributed by atoms with E-state index in [1.54, 1.807) is 6.92 Å². The Kier molecular flexibility index (Phi) is 6.02. The van der Waals surface area contributed by atoms with Crippen LogP contribution in [0, 0.1) is 0 Å². The molecule has 1 aromatic carbocycles. The van der Waals surface area contributed by atoms with Crippen molar-refractivity contribution in [2.45, 2.75) is 57.6 Å². The second kappa shape index (κ2) is 7.79. The van der Waals surface area contributed by atoms with Gasteiger partial charge in [-0.1, -0.05) is 13.0 Å². The molecule has 5 heteroatoms. The molecular weight excluding hydrogens is 294 g/mol. The fraction of sp³-hybridized carbons (Fsp3) is 0.611. The van der Waals surface area contributed by atoms with Gasteiger partial charge in [-0.3, -0.25) is 4.79 Å². The summed E-state index contributed by atoms with van der Waals surface area (Å²) in [5.41, 5.74) is 1.64. The zero-order valence-electron chi connectivity index (χ0n) is 14.0. The van der Waals surface area contributed by atoms with Crippen LogP contribution in [0.5, 0.6) is 5.75 Å². The molecule has 23 heavy (non-hydrogen) atoms. The van der Waals surface area contributed by atoms with Crippen LogP contribution in [0.3, 0.4) is 0 Å². The van der Waals surface area contributed by atoms with Crippen molar-refractivity contribution < 1.29 is 19.7 Å². The molecule has 0 spiro atoms. The fourth-order valence-electron chi connectivity index (χ4n) is 2.78. The minimum Gasteiger partial charge on any atom is -0.481 e. The summed E-state index contributed by atoms with van der Waals surface area (Å²) >= 11 is 0. The van der Waals surface area contributed by atoms with Crippen molar-refractivity contribution in [3.8, 4) is 5.75 Å². The number of hydrogen-bond acceptors (Lipinski definition) is 4. The quantitative estimate of drug-likeness (QED) is 0.712. The first-order chi connectivity index (χ1) is 11.0. The molecular formula is C18H27NO4. The minimum absolute atomic E-state index is 0.323. The second-order valence-electron chi connectivity index (χ2n) is 6.52. The number of aliphatic hydroxyl groups excluding tert-OH is 2. The average Bonchev–Trinajstić information content (AvgIpc) is 2.59. The normalized spacial score (nSPS) is 15.7. The molecule has 2 rings (SSSR count). The van der Waals surface area contributed by atoms with Gasteiger partial charge in [-0.15, -0.1) is 0 Å². The van der Waals surface area contributed by atoms with Gasteiger partial charge in [-0.25, -0.2) is 0 Å². The first-order valence-corrected chi connectivity index (χ1v) is 8.33. The molecule has 0 radical (unpaired) electrons. The van der Waals surface area contributed by atoms with Crippen molar-refractivity contribution in [1.29, 1.82) is 0 Å². The SMILES string of the molecule is CC[C@@H](Oc1ccc2c(c1)CCCC2)C(=O)NC(C)(CO)CO. The van der Waals surface area contributed by atoms with Gasteiger partial charge in [0.25, 0.3) is 5.91 Å². The highest BCUT2D eigenvalue weighted by Crippen LogP contribution is 2.26. The van der Waals surface area contributed by atoms with Crippen LogP contribution in [0.1, 0.15) is 44.2 Å². The van der Waals surface area contributed by atoms with Crippen LogP contribution < -0.4 is 10.1 Å². The molecule has 0 saturated heterocycles. The Morgan fingerprint density at radius 3 is 2.52 bits per heavy atom. The van der Waals surface area contributed by atoms with E-state index in [-0.39, 0.29) is 19.1 Å². The molecule has 0 saturated carbocycles. The van der Waals surface area contributed by atoms with Crippen LogP contribution in [-0.4, -0.2) is 41.0 Å². The molecule has 1 atom stereocenters. The molecule has 0 aliphatic heterocycles. The van der Waals surface area contributed by atoms with Gasteiger partial charge in [0.1, 0.15) is 5.75 Å². The molecule has 0 heterocycles. The van der Waals surface area contributed by atoms with Crippen molar-refractivity contribution in [2.24, 2.45) is 0 Å². The van der Waals surface area contributed by atoms with E-state index in [1.807, 2.05) is 19.1 Å². The van der Waals surface area contributed by atoms with Gasteiger partial charge in [0.15, 0.2) is 6.10 Å². The maximum Gasteiger partial charge on any atom is 0.261 e. The number of rotatable bonds is 7. The van der Waals surface area contributed by atoms with Gasteiger partial charge in [0.2, 0.25) is 0 Å². The lowest BCUT2D eigenvalue weighted by Crippen LogP contribution is -2.55. The topological polar surface area (TPSA) is 78.8 Å². The number of benzene rings is 1. The summed E-state index contributed by atoms with van der Waals surface area (Å²) < 4.78 is 5.85. The number of nitrogens with one attached hydrogen (secondary N) is 1. The zero-order valence-corrected chi connectivity index (χ0v) is 14.0. The van der Waals surface area contributed by atoms with Crippen molar-refractivity contribution in [1.82, 2.24) is 5.32 Å². The van der Waals surface area contributed by atoms with Crippen molar-refractivity contribution in [3.05, 3.63) is 29.3 Å². The van der Waals surface area contributed by atoms with Crippen LogP contribution in [-0.2, 0) is 17.6 Å². The monoisotopic (exact) mass is 321 g/mol. The van der Waals surface area contributed by atoms with E-state index in [0.717, 1.165) is 12.8 Å². The molecule has 128 valence electrons. The number of amides is 1. The highest BCUT2D eigenvalue weighted by Gasteiger charge is 2.29. The van der Waals surface area contributed by atoms with Crippen LogP contribution in [0.25, 0.3) is 0 Å². The van der Waals surface area contributed by atoms with Gasteiger partial charge >= 0.3 is 0 Å². The van der Waals surface area contributed by atoms with E-state index in [2.05, 4.69) is 11.4 Å². The first-order valence-electron chi connectivity index (χ1n) is 8.33. The number of fused-ring (bicyclic) bond motifs is 1. The summed E-state index contributed by atoms with van der Waals surface area (Å²) in [6, 6.07) is 6.03. The zero-order chi connectivity index (χ0) is 16.9. The molecule has 5 nitrogen and oxygen atoms in total. The van der Waals surface area contributed by atoms with Gasteiger partial charge < -0.3 is 20.3 Å². The van der Waals surface area contributed by atoms with Crippen LogP contribution >= 0.6 is 0 Å². The Balaban J connectivity index is 2.05. The molecule has 1 aliphatic carbocycles. The number of carbonyl (C=O) groups is 1. The lowest BCUT2D eigenvalue weighted by molar-refractivity contribution is -0.131. The second-order valence-corrected chi connectivity index (χ2v) is 6.52. The lowest BCUT2D eigenvalue weighted by Gasteiger charge is -2.29. The predicted octanol–water partition coefficient (Wildman–Crippen LogP) is 1.58. The molecule has 3 N–H and O–H groups in total. The van der Waals surface area contributed by atoms with Gasteiger partial charge in [-0.05, 0) is 62.3 Å². The molecule has 1 amide bonds. The summed E-state index contributed by atoms with van der Waals surface area (Å²) in [7, 11) is 0. The Morgan fingerprint density at radius 1 is 1.26 bits per heavy atom. The molecule has 0 fully saturated rings. The maximum atomic E-state index is 12.3. The lowest BCUT2D eigenvalue weighted by atomic mass is 9.92. The van der Waals surface area contributed by atoms with Crippen LogP contribution in [0.4, 0.5) is 0 Å². The first kappa shape index (κ1) is 17.8. The third kappa shape index (κ3) is 4.45. The number of ether oxygens (including phenoxy) is 1. The Labute approximate surface area is 137 Å². The average molecular weight is 321 g/mol. The summed E-state index contributed by atoms with van der Waals surface area (Å²) in [4.78, 5) is 12.3. The van der Waals surface area contributed by atoms with Gasteiger partial charge in [0, 0.05) is 0 Å². The Bertz CT molecular complexity index is 540.